The van der Waals surface area contributed by atoms with E-state index < -0.39 is 11.9 Å². The number of nitrogens with one attached hydrogen (secondary N) is 1. The van der Waals surface area contributed by atoms with Crippen LogP contribution in [0.5, 0.6) is 23.0 Å². The van der Waals surface area contributed by atoms with E-state index in [0.717, 1.165) is 41.3 Å². The SMILES string of the molecule is CN(CCOCCOc1ccc2c(c1)CN(C1CCC(=O)NC1=O)C2=O)CCOc1ccc([C@@H]2c3ccc(O)cc3OC[C@@H]2c2ccccc2)cc1. The summed E-state index contributed by atoms with van der Waals surface area (Å²) < 4.78 is 23.8. The first-order valence-electron chi connectivity index (χ1n) is 17.7. The second-order valence-corrected chi connectivity index (χ2v) is 13.4. The number of aromatic hydroxyl groups is 1. The number of hydrogen-bond acceptors (Lipinski definition) is 9. The molecule has 270 valence electrons. The molecule has 0 radical (unpaired) electrons. The van der Waals surface area contributed by atoms with Crippen molar-refractivity contribution in [1.29, 1.82) is 0 Å². The standard InChI is InChI=1S/C41H43N3O8/c1-43(17-19-49-21-22-51-32-12-14-33-29(23-32)25-44(41(33)48)36-15-16-38(46)42-40(36)47)18-20-50-31-10-7-28(8-11-31)39-34-13-9-30(45)24-37(34)52-26-35(39)27-5-3-2-4-6-27/h2-14,23-24,35-36,39,45H,15-22,25-26H2,1H3,(H,42,46,47)/t35-,36?,39-/m1/s1. The fourth-order valence-corrected chi connectivity index (χ4v) is 7.18. The number of imide groups is 1. The number of ether oxygens (including phenoxy) is 4. The van der Waals surface area contributed by atoms with Gasteiger partial charge in [0, 0.05) is 55.1 Å². The van der Waals surface area contributed by atoms with E-state index in [1.54, 1.807) is 24.3 Å². The molecule has 0 bridgehead atoms. The molecule has 1 fully saturated rings. The van der Waals surface area contributed by atoms with Gasteiger partial charge < -0.3 is 33.9 Å². The number of benzene rings is 4. The zero-order chi connectivity index (χ0) is 36.0. The molecule has 3 aliphatic heterocycles. The van der Waals surface area contributed by atoms with Crippen LogP contribution in [0.3, 0.4) is 0 Å². The lowest BCUT2D eigenvalue weighted by atomic mass is 9.76. The van der Waals surface area contributed by atoms with Crippen LogP contribution in [0.25, 0.3) is 0 Å². The second kappa shape index (κ2) is 15.9. The van der Waals surface area contributed by atoms with E-state index in [1.807, 2.05) is 37.4 Å². The van der Waals surface area contributed by atoms with Crippen molar-refractivity contribution in [2.24, 2.45) is 0 Å². The van der Waals surface area contributed by atoms with Crippen LogP contribution < -0.4 is 19.5 Å². The Labute approximate surface area is 303 Å². The van der Waals surface area contributed by atoms with Gasteiger partial charge in [-0.1, -0.05) is 48.5 Å². The number of piperidine rings is 1. The molecule has 3 atom stereocenters. The van der Waals surface area contributed by atoms with Crippen molar-refractivity contribution in [2.75, 3.05) is 53.2 Å². The maximum atomic E-state index is 12.9. The van der Waals surface area contributed by atoms with Crippen molar-refractivity contribution in [1.82, 2.24) is 15.1 Å². The number of fused-ring (bicyclic) bond motifs is 2. The summed E-state index contributed by atoms with van der Waals surface area (Å²) in [6.45, 7) is 4.16. The maximum Gasteiger partial charge on any atom is 0.255 e. The topological polar surface area (TPSA) is 127 Å². The highest BCUT2D eigenvalue weighted by molar-refractivity contribution is 6.05. The van der Waals surface area contributed by atoms with E-state index in [-0.39, 0.29) is 35.8 Å². The molecular weight excluding hydrogens is 662 g/mol. The van der Waals surface area contributed by atoms with Gasteiger partial charge in [0.15, 0.2) is 0 Å². The average Bonchev–Trinajstić information content (AvgIpc) is 3.48. The number of phenols is 1. The molecule has 0 aromatic heterocycles. The Balaban J connectivity index is 0.822. The summed E-state index contributed by atoms with van der Waals surface area (Å²) in [6, 6.07) is 28.7. The molecule has 3 aliphatic rings. The van der Waals surface area contributed by atoms with Gasteiger partial charge >= 0.3 is 0 Å². The summed E-state index contributed by atoms with van der Waals surface area (Å²) in [5.41, 5.74) is 4.79. The van der Waals surface area contributed by atoms with E-state index in [0.29, 0.717) is 57.3 Å². The van der Waals surface area contributed by atoms with Gasteiger partial charge in [-0.25, -0.2) is 0 Å². The Morgan fingerprint density at radius 3 is 2.42 bits per heavy atom. The second-order valence-electron chi connectivity index (χ2n) is 13.4. The van der Waals surface area contributed by atoms with E-state index in [2.05, 4.69) is 46.6 Å². The number of rotatable bonds is 14. The first-order chi connectivity index (χ1) is 25.3. The molecule has 3 amide bonds. The summed E-state index contributed by atoms with van der Waals surface area (Å²) in [5, 5.41) is 12.4. The summed E-state index contributed by atoms with van der Waals surface area (Å²) in [4.78, 5) is 40.4. The minimum Gasteiger partial charge on any atom is -0.508 e. The fourth-order valence-electron chi connectivity index (χ4n) is 7.18. The van der Waals surface area contributed by atoms with Gasteiger partial charge in [0.25, 0.3) is 5.91 Å². The van der Waals surface area contributed by atoms with Crippen LogP contribution in [0.15, 0.2) is 91.0 Å². The predicted octanol–water partition coefficient (Wildman–Crippen LogP) is 4.87. The van der Waals surface area contributed by atoms with Gasteiger partial charge in [0.1, 0.15) is 42.3 Å². The van der Waals surface area contributed by atoms with Crippen molar-refractivity contribution in [3.8, 4) is 23.0 Å². The molecule has 1 unspecified atom stereocenters. The maximum absolute atomic E-state index is 12.9. The number of hydrogen-bond donors (Lipinski definition) is 2. The van der Waals surface area contributed by atoms with Crippen molar-refractivity contribution in [3.05, 3.63) is 119 Å². The molecule has 52 heavy (non-hydrogen) atoms. The Bertz CT molecular complexity index is 1900. The molecule has 0 aliphatic carbocycles. The zero-order valence-electron chi connectivity index (χ0n) is 29.2. The highest BCUT2D eigenvalue weighted by Crippen LogP contribution is 2.47. The lowest BCUT2D eigenvalue weighted by Gasteiger charge is -2.34. The van der Waals surface area contributed by atoms with Crippen molar-refractivity contribution >= 4 is 17.7 Å². The first kappa shape index (κ1) is 35.0. The number of carbonyl (C=O) groups excluding carboxylic acids is 3. The highest BCUT2D eigenvalue weighted by Gasteiger charge is 2.39. The third-order valence-electron chi connectivity index (χ3n) is 9.97. The summed E-state index contributed by atoms with van der Waals surface area (Å²) in [6.07, 6.45) is 0.556. The zero-order valence-corrected chi connectivity index (χ0v) is 29.2. The monoisotopic (exact) mass is 705 g/mol. The van der Waals surface area contributed by atoms with Gasteiger partial charge in [-0.15, -0.1) is 0 Å². The normalized spacial score (nSPS) is 19.5. The predicted molar refractivity (Wildman–Crippen MR) is 193 cm³/mol. The molecule has 11 heteroatoms. The molecule has 4 aromatic rings. The summed E-state index contributed by atoms with van der Waals surface area (Å²) in [5.74, 6) is 1.64. The third-order valence-corrected chi connectivity index (χ3v) is 9.97. The van der Waals surface area contributed by atoms with E-state index in [1.165, 1.54) is 10.5 Å². The van der Waals surface area contributed by atoms with Crippen molar-refractivity contribution in [3.63, 3.8) is 0 Å². The summed E-state index contributed by atoms with van der Waals surface area (Å²) >= 11 is 0. The number of nitrogens with zero attached hydrogens (tertiary/aromatic N) is 2. The van der Waals surface area contributed by atoms with Crippen molar-refractivity contribution < 1.29 is 38.4 Å². The molecule has 0 spiro atoms. The quantitative estimate of drug-likeness (QED) is 0.140. The van der Waals surface area contributed by atoms with Crippen LogP contribution in [0.1, 0.15) is 57.3 Å². The van der Waals surface area contributed by atoms with Gasteiger partial charge in [-0.05, 0) is 66.6 Å². The molecule has 1 saturated heterocycles. The molecule has 0 saturated carbocycles. The van der Waals surface area contributed by atoms with Gasteiger partial charge in [0.2, 0.25) is 11.8 Å². The van der Waals surface area contributed by atoms with Gasteiger partial charge in [-0.3, -0.25) is 19.7 Å². The fraction of sp³-hybridized carbons (Fsp3) is 0.341. The molecule has 7 rings (SSSR count). The smallest absolute Gasteiger partial charge is 0.255 e. The number of phenolic OH excluding ortho intramolecular Hbond substituents is 1. The number of amides is 3. The Hall–Kier alpha value is -5.39. The number of likely N-dealkylation sites (N-methyl/N-ethyl adjacent to an activating group) is 1. The van der Waals surface area contributed by atoms with Crippen LogP contribution in [-0.4, -0.2) is 91.8 Å². The first-order valence-corrected chi connectivity index (χ1v) is 17.7. The van der Waals surface area contributed by atoms with Crippen LogP contribution in [0.2, 0.25) is 0 Å². The summed E-state index contributed by atoms with van der Waals surface area (Å²) in [7, 11) is 2.03. The highest BCUT2D eigenvalue weighted by atomic mass is 16.5. The van der Waals surface area contributed by atoms with Crippen LogP contribution in [0.4, 0.5) is 0 Å². The largest absolute Gasteiger partial charge is 0.508 e. The van der Waals surface area contributed by atoms with E-state index >= 15 is 0 Å². The molecule has 11 nitrogen and oxygen atoms in total. The third kappa shape index (κ3) is 7.90. The Morgan fingerprint density at radius 2 is 1.62 bits per heavy atom. The van der Waals surface area contributed by atoms with Crippen LogP contribution >= 0.6 is 0 Å². The average molecular weight is 706 g/mol. The minimum atomic E-state index is -0.639. The molecular formula is C41H43N3O8. The van der Waals surface area contributed by atoms with Crippen molar-refractivity contribution in [2.45, 2.75) is 37.3 Å². The Kier molecular flexibility index (Phi) is 10.7. The molecule has 3 heterocycles. The van der Waals surface area contributed by atoms with E-state index in [9.17, 15) is 19.5 Å². The number of carbonyl (C=O) groups is 3. The van der Waals surface area contributed by atoms with Crippen LogP contribution in [-0.2, 0) is 20.9 Å². The Morgan fingerprint density at radius 1 is 0.846 bits per heavy atom. The molecule has 4 aromatic carbocycles. The minimum absolute atomic E-state index is 0.0780. The lowest BCUT2D eigenvalue weighted by Crippen LogP contribution is -2.52. The van der Waals surface area contributed by atoms with Gasteiger partial charge in [0.05, 0.1) is 19.8 Å². The van der Waals surface area contributed by atoms with Gasteiger partial charge in [-0.2, -0.15) is 0 Å². The lowest BCUT2D eigenvalue weighted by molar-refractivity contribution is -0.136. The van der Waals surface area contributed by atoms with E-state index in [4.69, 9.17) is 18.9 Å². The molecule has 2 N–H and O–H groups in total. The van der Waals surface area contributed by atoms with Crippen LogP contribution in [0, 0.1) is 0 Å².